The number of aromatic nitrogens is 2. The van der Waals surface area contributed by atoms with Gasteiger partial charge in [0.2, 0.25) is 0 Å². The van der Waals surface area contributed by atoms with Crippen molar-refractivity contribution < 1.29 is 4.74 Å². The van der Waals surface area contributed by atoms with Crippen LogP contribution in [0, 0.1) is 11.3 Å². The summed E-state index contributed by atoms with van der Waals surface area (Å²) in [7, 11) is 0. The summed E-state index contributed by atoms with van der Waals surface area (Å²) in [6.45, 7) is 11.6. The highest BCUT2D eigenvalue weighted by Crippen LogP contribution is 2.31. The topological polar surface area (TPSA) is 39.1 Å². The lowest BCUT2D eigenvalue weighted by Crippen LogP contribution is -2.32. The zero-order chi connectivity index (χ0) is 13.7. The zero-order valence-electron chi connectivity index (χ0n) is 12.5. The lowest BCUT2D eigenvalue weighted by atomic mass is 9.82. The maximum Gasteiger partial charge on any atom is 0.0948 e. The van der Waals surface area contributed by atoms with Gasteiger partial charge in [-0.3, -0.25) is 0 Å². The monoisotopic (exact) mass is 265 g/mol. The van der Waals surface area contributed by atoms with Crippen molar-refractivity contribution in [3.05, 3.63) is 18.2 Å². The molecule has 0 aromatic carbocycles. The maximum atomic E-state index is 5.47. The lowest BCUT2D eigenvalue weighted by molar-refractivity contribution is 0.0151. The Kier molecular flexibility index (Phi) is 4.99. The molecule has 1 N–H and O–H groups in total. The van der Waals surface area contributed by atoms with E-state index in [9.17, 15) is 0 Å². The van der Waals surface area contributed by atoms with Crippen molar-refractivity contribution in [1.29, 1.82) is 0 Å². The molecule has 0 bridgehead atoms. The Labute approximate surface area is 116 Å². The second-order valence-corrected chi connectivity index (χ2v) is 6.46. The van der Waals surface area contributed by atoms with Crippen LogP contribution in [0.4, 0.5) is 0 Å². The first-order valence-corrected chi connectivity index (χ1v) is 7.36. The van der Waals surface area contributed by atoms with Gasteiger partial charge in [0.15, 0.2) is 0 Å². The number of ether oxygens (including phenoxy) is 1. The predicted molar refractivity (Wildman–Crippen MR) is 76.9 cm³/mol. The SMILES string of the molecule is CC(C)CNCc1cncn1CC1(C)CCOCC1. The van der Waals surface area contributed by atoms with E-state index in [1.165, 1.54) is 5.69 Å². The van der Waals surface area contributed by atoms with Gasteiger partial charge in [-0.15, -0.1) is 0 Å². The van der Waals surface area contributed by atoms with Crippen molar-refractivity contribution >= 4 is 0 Å². The summed E-state index contributed by atoms with van der Waals surface area (Å²) in [5.74, 6) is 0.685. The van der Waals surface area contributed by atoms with Gasteiger partial charge in [-0.2, -0.15) is 0 Å². The number of hydrogen-bond acceptors (Lipinski definition) is 3. The van der Waals surface area contributed by atoms with Crippen molar-refractivity contribution in [1.82, 2.24) is 14.9 Å². The molecule has 0 unspecified atom stereocenters. The minimum Gasteiger partial charge on any atom is -0.381 e. The average molecular weight is 265 g/mol. The molecule has 1 saturated heterocycles. The fraction of sp³-hybridized carbons (Fsp3) is 0.800. The standard InChI is InChI=1S/C15H27N3O/c1-13(2)8-16-9-14-10-17-12-18(14)11-15(3)4-6-19-7-5-15/h10,12-13,16H,4-9,11H2,1-3H3. The van der Waals surface area contributed by atoms with Gasteiger partial charge in [-0.1, -0.05) is 20.8 Å². The Morgan fingerprint density at radius 1 is 1.42 bits per heavy atom. The quantitative estimate of drug-likeness (QED) is 0.858. The van der Waals surface area contributed by atoms with E-state index in [1.807, 2.05) is 12.5 Å². The molecule has 0 aliphatic carbocycles. The van der Waals surface area contributed by atoms with Crippen molar-refractivity contribution in [3.63, 3.8) is 0 Å². The predicted octanol–water partition coefficient (Wildman–Crippen LogP) is 2.45. The van der Waals surface area contributed by atoms with Crippen LogP contribution in [0.1, 0.15) is 39.3 Å². The normalized spacial score (nSPS) is 18.9. The van der Waals surface area contributed by atoms with Gasteiger partial charge >= 0.3 is 0 Å². The van der Waals surface area contributed by atoms with Crippen LogP contribution in [0.25, 0.3) is 0 Å². The molecule has 1 aliphatic heterocycles. The molecule has 0 amide bonds. The Morgan fingerprint density at radius 3 is 2.84 bits per heavy atom. The largest absolute Gasteiger partial charge is 0.381 e. The summed E-state index contributed by atoms with van der Waals surface area (Å²) in [5, 5.41) is 3.49. The van der Waals surface area contributed by atoms with Crippen molar-refractivity contribution in [3.8, 4) is 0 Å². The van der Waals surface area contributed by atoms with Crippen LogP contribution in [0.2, 0.25) is 0 Å². The molecular formula is C15H27N3O. The van der Waals surface area contributed by atoms with Crippen molar-refractivity contribution in [2.45, 2.75) is 46.7 Å². The van der Waals surface area contributed by atoms with E-state index in [0.717, 1.165) is 45.7 Å². The smallest absolute Gasteiger partial charge is 0.0948 e. The molecule has 4 heteroatoms. The van der Waals surface area contributed by atoms with Gasteiger partial charge in [0.1, 0.15) is 0 Å². The molecule has 0 radical (unpaired) electrons. The van der Waals surface area contributed by atoms with E-state index in [0.29, 0.717) is 11.3 Å². The van der Waals surface area contributed by atoms with Gasteiger partial charge < -0.3 is 14.6 Å². The van der Waals surface area contributed by atoms with Crippen LogP contribution in [0.5, 0.6) is 0 Å². The molecule has 108 valence electrons. The highest BCUT2D eigenvalue weighted by atomic mass is 16.5. The van der Waals surface area contributed by atoms with E-state index in [-0.39, 0.29) is 0 Å². The molecule has 0 saturated carbocycles. The minimum atomic E-state index is 0.353. The van der Waals surface area contributed by atoms with E-state index < -0.39 is 0 Å². The van der Waals surface area contributed by atoms with E-state index >= 15 is 0 Å². The van der Waals surface area contributed by atoms with Crippen LogP contribution in [-0.2, 0) is 17.8 Å². The summed E-state index contributed by atoms with van der Waals surface area (Å²) < 4.78 is 7.77. The number of hydrogen-bond donors (Lipinski definition) is 1. The minimum absolute atomic E-state index is 0.353. The van der Waals surface area contributed by atoms with Crippen LogP contribution in [-0.4, -0.2) is 29.3 Å². The van der Waals surface area contributed by atoms with E-state index in [2.05, 4.69) is 35.6 Å². The van der Waals surface area contributed by atoms with Crippen molar-refractivity contribution in [2.24, 2.45) is 11.3 Å². The van der Waals surface area contributed by atoms with E-state index in [1.54, 1.807) is 0 Å². The third-order valence-electron chi connectivity index (χ3n) is 3.91. The van der Waals surface area contributed by atoms with Crippen molar-refractivity contribution in [2.75, 3.05) is 19.8 Å². The fourth-order valence-corrected chi connectivity index (χ4v) is 2.56. The summed E-state index contributed by atoms with van der Waals surface area (Å²) in [6, 6.07) is 0. The number of imidazole rings is 1. The van der Waals surface area contributed by atoms with E-state index in [4.69, 9.17) is 4.74 Å². The van der Waals surface area contributed by atoms with Gasteiger partial charge in [0.05, 0.1) is 12.0 Å². The van der Waals surface area contributed by atoms with Gasteiger partial charge in [-0.05, 0) is 30.7 Å². The average Bonchev–Trinajstić information content (AvgIpc) is 2.76. The number of nitrogens with one attached hydrogen (secondary N) is 1. The molecule has 4 nitrogen and oxygen atoms in total. The van der Waals surface area contributed by atoms with Crippen LogP contribution >= 0.6 is 0 Å². The Bertz CT molecular complexity index is 380. The number of nitrogens with zero attached hydrogens (tertiary/aromatic N) is 2. The zero-order valence-corrected chi connectivity index (χ0v) is 12.5. The van der Waals surface area contributed by atoms with Crippen LogP contribution in [0.15, 0.2) is 12.5 Å². The maximum absolute atomic E-state index is 5.47. The van der Waals surface area contributed by atoms with Gasteiger partial charge in [-0.25, -0.2) is 4.98 Å². The first kappa shape index (κ1) is 14.5. The number of rotatable bonds is 6. The lowest BCUT2D eigenvalue weighted by Gasteiger charge is -2.34. The highest BCUT2D eigenvalue weighted by Gasteiger charge is 2.28. The Morgan fingerprint density at radius 2 is 2.16 bits per heavy atom. The molecule has 0 spiro atoms. The van der Waals surface area contributed by atoms with Gasteiger partial charge in [0, 0.05) is 32.5 Å². The third-order valence-corrected chi connectivity index (χ3v) is 3.91. The Hall–Kier alpha value is -0.870. The third kappa shape index (κ3) is 4.32. The molecule has 1 fully saturated rings. The summed E-state index contributed by atoms with van der Waals surface area (Å²) >= 11 is 0. The van der Waals surface area contributed by atoms with Crippen LogP contribution < -0.4 is 5.32 Å². The molecule has 2 rings (SSSR count). The van der Waals surface area contributed by atoms with Gasteiger partial charge in [0.25, 0.3) is 0 Å². The highest BCUT2D eigenvalue weighted by molar-refractivity contribution is 4.99. The first-order valence-electron chi connectivity index (χ1n) is 7.36. The summed E-state index contributed by atoms with van der Waals surface area (Å²) in [5.41, 5.74) is 1.64. The summed E-state index contributed by atoms with van der Waals surface area (Å²) in [4.78, 5) is 4.31. The van der Waals surface area contributed by atoms with Crippen LogP contribution in [0.3, 0.4) is 0 Å². The molecule has 2 heterocycles. The molecule has 1 aliphatic rings. The molecule has 19 heavy (non-hydrogen) atoms. The fourth-order valence-electron chi connectivity index (χ4n) is 2.56. The molecule has 1 aromatic rings. The molecule has 0 atom stereocenters. The first-order chi connectivity index (χ1) is 9.09. The molecule has 1 aromatic heterocycles. The summed E-state index contributed by atoms with van der Waals surface area (Å²) in [6.07, 6.45) is 6.23. The molecular weight excluding hydrogens is 238 g/mol. The second kappa shape index (κ2) is 6.53. The Balaban J connectivity index is 1.91. The second-order valence-electron chi connectivity index (χ2n) is 6.46.